The Morgan fingerprint density at radius 2 is 2.06 bits per heavy atom. The van der Waals surface area contributed by atoms with Gasteiger partial charge in [0.1, 0.15) is 0 Å². The molecule has 0 saturated carbocycles. The maximum Gasteiger partial charge on any atom is 0.0208 e. The molecule has 2 heteroatoms. The molecule has 1 atom stereocenters. The van der Waals surface area contributed by atoms with E-state index in [9.17, 15) is 0 Å². The second-order valence-corrected chi connectivity index (χ2v) is 4.73. The molecule has 0 fully saturated rings. The highest BCUT2D eigenvalue weighted by molar-refractivity contribution is 5.30. The van der Waals surface area contributed by atoms with E-state index in [2.05, 4.69) is 44.3 Å². The van der Waals surface area contributed by atoms with Crippen LogP contribution in [0.5, 0.6) is 0 Å². The van der Waals surface area contributed by atoms with Gasteiger partial charge >= 0.3 is 0 Å². The van der Waals surface area contributed by atoms with E-state index in [0.29, 0.717) is 6.04 Å². The summed E-state index contributed by atoms with van der Waals surface area (Å²) < 4.78 is 0. The zero-order valence-corrected chi connectivity index (χ0v) is 10.7. The van der Waals surface area contributed by atoms with Gasteiger partial charge in [-0.05, 0) is 51.3 Å². The van der Waals surface area contributed by atoms with Crippen molar-refractivity contribution in [3.63, 3.8) is 0 Å². The minimum atomic E-state index is 0.322. The molecule has 1 aromatic rings. The molecule has 1 unspecified atom stereocenters. The first-order valence-electron chi connectivity index (χ1n) is 6.12. The summed E-state index contributed by atoms with van der Waals surface area (Å²) in [5.74, 6) is 0. The van der Waals surface area contributed by atoms with Gasteiger partial charge in [-0.3, -0.25) is 0 Å². The molecule has 1 rings (SSSR count). The van der Waals surface area contributed by atoms with Crippen LogP contribution in [0.25, 0.3) is 0 Å². The molecule has 0 amide bonds. The van der Waals surface area contributed by atoms with Gasteiger partial charge in [-0.2, -0.15) is 0 Å². The molecule has 1 aromatic carbocycles. The Bertz CT molecular complexity index is 319. The van der Waals surface area contributed by atoms with Crippen molar-refractivity contribution in [2.45, 2.75) is 46.2 Å². The molecule has 16 heavy (non-hydrogen) atoms. The summed E-state index contributed by atoms with van der Waals surface area (Å²) in [7, 11) is 0. The molecule has 0 aliphatic carbocycles. The highest BCUT2D eigenvalue weighted by atomic mass is 14.8. The van der Waals surface area contributed by atoms with Crippen LogP contribution in [0.4, 0.5) is 0 Å². The highest BCUT2D eigenvalue weighted by Crippen LogP contribution is 2.10. The SMILES string of the molecule is Cc1ccc(C)c(CNCCCC(C)N)c1. The van der Waals surface area contributed by atoms with Crippen LogP contribution in [0, 0.1) is 13.8 Å². The normalized spacial score (nSPS) is 12.8. The Morgan fingerprint density at radius 3 is 2.75 bits per heavy atom. The fourth-order valence-corrected chi connectivity index (χ4v) is 1.76. The first-order valence-corrected chi connectivity index (χ1v) is 6.12. The number of hydrogen-bond donors (Lipinski definition) is 2. The number of rotatable bonds is 6. The van der Waals surface area contributed by atoms with Crippen molar-refractivity contribution in [2.24, 2.45) is 5.73 Å². The Hall–Kier alpha value is -0.860. The van der Waals surface area contributed by atoms with E-state index in [1.165, 1.54) is 16.7 Å². The van der Waals surface area contributed by atoms with Crippen molar-refractivity contribution in [3.05, 3.63) is 34.9 Å². The largest absolute Gasteiger partial charge is 0.328 e. The topological polar surface area (TPSA) is 38.0 Å². The molecule has 0 aromatic heterocycles. The van der Waals surface area contributed by atoms with Gasteiger partial charge in [-0.1, -0.05) is 23.8 Å². The summed E-state index contributed by atoms with van der Waals surface area (Å²) in [5.41, 5.74) is 9.80. The van der Waals surface area contributed by atoms with Crippen LogP contribution in [-0.2, 0) is 6.54 Å². The minimum absolute atomic E-state index is 0.322. The van der Waals surface area contributed by atoms with Crippen LogP contribution in [-0.4, -0.2) is 12.6 Å². The average Bonchev–Trinajstić information content (AvgIpc) is 2.22. The quantitative estimate of drug-likeness (QED) is 0.723. The van der Waals surface area contributed by atoms with Gasteiger partial charge in [0, 0.05) is 12.6 Å². The summed E-state index contributed by atoms with van der Waals surface area (Å²) in [6.45, 7) is 8.38. The Balaban J connectivity index is 2.29. The van der Waals surface area contributed by atoms with Crippen molar-refractivity contribution in [1.82, 2.24) is 5.32 Å². The van der Waals surface area contributed by atoms with Gasteiger partial charge in [0.25, 0.3) is 0 Å². The summed E-state index contributed by atoms with van der Waals surface area (Å²) >= 11 is 0. The first kappa shape index (κ1) is 13.2. The third-order valence-electron chi connectivity index (χ3n) is 2.83. The fraction of sp³-hybridized carbons (Fsp3) is 0.571. The molecule has 0 heterocycles. The monoisotopic (exact) mass is 220 g/mol. The number of aryl methyl sites for hydroxylation is 2. The number of benzene rings is 1. The van der Waals surface area contributed by atoms with Crippen LogP contribution in [0.15, 0.2) is 18.2 Å². The van der Waals surface area contributed by atoms with Crippen LogP contribution < -0.4 is 11.1 Å². The summed E-state index contributed by atoms with van der Waals surface area (Å²) in [6.07, 6.45) is 2.25. The number of hydrogen-bond acceptors (Lipinski definition) is 2. The summed E-state index contributed by atoms with van der Waals surface area (Å²) in [6, 6.07) is 6.93. The standard InChI is InChI=1S/C14H24N2/c1-11-6-7-12(2)14(9-11)10-16-8-4-5-13(3)15/h6-7,9,13,16H,4-5,8,10,15H2,1-3H3. The van der Waals surface area contributed by atoms with E-state index in [1.807, 2.05) is 0 Å². The molecule has 0 saturated heterocycles. The smallest absolute Gasteiger partial charge is 0.0208 e. The van der Waals surface area contributed by atoms with Crippen molar-refractivity contribution >= 4 is 0 Å². The Kier molecular flexibility index (Phi) is 5.50. The molecule has 90 valence electrons. The lowest BCUT2D eigenvalue weighted by Crippen LogP contribution is -2.20. The van der Waals surface area contributed by atoms with Crippen molar-refractivity contribution < 1.29 is 0 Å². The van der Waals surface area contributed by atoms with Gasteiger partial charge in [0.05, 0.1) is 0 Å². The van der Waals surface area contributed by atoms with Crippen molar-refractivity contribution in [3.8, 4) is 0 Å². The number of nitrogens with two attached hydrogens (primary N) is 1. The third-order valence-corrected chi connectivity index (χ3v) is 2.83. The molecule has 3 N–H and O–H groups in total. The molecule has 2 nitrogen and oxygen atoms in total. The lowest BCUT2D eigenvalue weighted by molar-refractivity contribution is 0.574. The lowest BCUT2D eigenvalue weighted by Gasteiger charge is -2.09. The van der Waals surface area contributed by atoms with Crippen LogP contribution in [0.1, 0.15) is 36.5 Å². The molecule has 0 radical (unpaired) electrons. The van der Waals surface area contributed by atoms with Crippen LogP contribution in [0.3, 0.4) is 0 Å². The predicted molar refractivity (Wildman–Crippen MR) is 70.5 cm³/mol. The molecule has 0 bridgehead atoms. The fourth-order valence-electron chi connectivity index (χ4n) is 1.76. The highest BCUT2D eigenvalue weighted by Gasteiger charge is 1.98. The van der Waals surface area contributed by atoms with Crippen LogP contribution in [0.2, 0.25) is 0 Å². The average molecular weight is 220 g/mol. The third kappa shape index (κ3) is 4.77. The van der Waals surface area contributed by atoms with Crippen molar-refractivity contribution in [2.75, 3.05) is 6.54 Å². The molecular weight excluding hydrogens is 196 g/mol. The van der Waals surface area contributed by atoms with E-state index >= 15 is 0 Å². The molecule has 0 spiro atoms. The molecular formula is C14H24N2. The first-order chi connectivity index (χ1) is 7.59. The zero-order valence-electron chi connectivity index (χ0n) is 10.7. The van der Waals surface area contributed by atoms with Gasteiger partial charge in [-0.25, -0.2) is 0 Å². The summed E-state index contributed by atoms with van der Waals surface area (Å²) in [5, 5.41) is 3.47. The van der Waals surface area contributed by atoms with Crippen LogP contribution >= 0.6 is 0 Å². The van der Waals surface area contributed by atoms with E-state index in [0.717, 1.165) is 25.9 Å². The van der Waals surface area contributed by atoms with Gasteiger partial charge < -0.3 is 11.1 Å². The lowest BCUT2D eigenvalue weighted by atomic mass is 10.1. The number of nitrogens with one attached hydrogen (secondary N) is 1. The van der Waals surface area contributed by atoms with Gasteiger partial charge in [-0.15, -0.1) is 0 Å². The van der Waals surface area contributed by atoms with E-state index in [4.69, 9.17) is 5.73 Å². The van der Waals surface area contributed by atoms with Crippen molar-refractivity contribution in [1.29, 1.82) is 0 Å². The van der Waals surface area contributed by atoms with Gasteiger partial charge in [0.2, 0.25) is 0 Å². The van der Waals surface area contributed by atoms with E-state index < -0.39 is 0 Å². The second-order valence-electron chi connectivity index (χ2n) is 4.73. The Morgan fingerprint density at radius 1 is 1.31 bits per heavy atom. The molecule has 0 aliphatic heterocycles. The minimum Gasteiger partial charge on any atom is -0.328 e. The maximum absolute atomic E-state index is 5.70. The second kappa shape index (κ2) is 6.66. The Labute approximate surface area is 99.2 Å². The van der Waals surface area contributed by atoms with E-state index in [1.54, 1.807) is 0 Å². The van der Waals surface area contributed by atoms with E-state index in [-0.39, 0.29) is 0 Å². The molecule has 0 aliphatic rings. The zero-order chi connectivity index (χ0) is 12.0. The maximum atomic E-state index is 5.70. The predicted octanol–water partition coefficient (Wildman–Crippen LogP) is 2.52. The summed E-state index contributed by atoms with van der Waals surface area (Å²) in [4.78, 5) is 0. The van der Waals surface area contributed by atoms with Gasteiger partial charge in [0.15, 0.2) is 0 Å².